The number of allylic oxidation sites excluding steroid dienone is 4. The summed E-state index contributed by atoms with van der Waals surface area (Å²) < 4.78 is 4.80. The van der Waals surface area contributed by atoms with Gasteiger partial charge in [-0.1, -0.05) is 23.8 Å². The monoisotopic (exact) mass is 362 g/mol. The molecule has 1 aliphatic rings. The Bertz CT molecular complexity index is 660. The maximum Gasteiger partial charge on any atom is 0.334 e. The second-order valence-corrected chi connectivity index (χ2v) is 6.29. The van der Waals surface area contributed by atoms with Crippen molar-refractivity contribution in [3.63, 3.8) is 0 Å². The SMILES string of the molecule is CC(C)=CCCC(=CCCC(=CCCC1=CCOC1=O)C(=O)O)C(=O)O. The highest BCUT2D eigenvalue weighted by Gasteiger charge is 2.16. The minimum atomic E-state index is -1.03. The highest BCUT2D eigenvalue weighted by atomic mass is 16.5. The van der Waals surface area contributed by atoms with Crippen LogP contribution in [0.2, 0.25) is 0 Å². The van der Waals surface area contributed by atoms with Crippen LogP contribution in [0.1, 0.15) is 52.4 Å². The van der Waals surface area contributed by atoms with E-state index in [9.17, 15) is 24.6 Å². The fraction of sp³-hybridized carbons (Fsp3) is 0.450. The van der Waals surface area contributed by atoms with E-state index >= 15 is 0 Å². The quantitative estimate of drug-likeness (QED) is 0.329. The van der Waals surface area contributed by atoms with Crippen LogP contribution < -0.4 is 0 Å². The molecule has 2 N–H and O–H groups in total. The van der Waals surface area contributed by atoms with Crippen LogP contribution in [-0.2, 0) is 19.1 Å². The summed E-state index contributed by atoms with van der Waals surface area (Å²) in [5.41, 5.74) is 2.22. The van der Waals surface area contributed by atoms with Gasteiger partial charge in [0, 0.05) is 16.7 Å². The van der Waals surface area contributed by atoms with Gasteiger partial charge in [0.2, 0.25) is 0 Å². The van der Waals surface area contributed by atoms with Gasteiger partial charge < -0.3 is 14.9 Å². The molecule has 0 aliphatic carbocycles. The summed E-state index contributed by atoms with van der Waals surface area (Å²) in [6.45, 7) is 4.18. The average Bonchev–Trinajstić information content (AvgIpc) is 2.96. The molecule has 0 aromatic carbocycles. The third-order valence-electron chi connectivity index (χ3n) is 3.93. The minimum absolute atomic E-state index is 0.224. The first-order chi connectivity index (χ1) is 12.3. The summed E-state index contributed by atoms with van der Waals surface area (Å²) in [6.07, 6.45) is 9.38. The summed E-state index contributed by atoms with van der Waals surface area (Å²) >= 11 is 0. The summed E-state index contributed by atoms with van der Waals surface area (Å²) in [6, 6.07) is 0. The first kappa shape index (κ1) is 21.4. The predicted molar refractivity (Wildman–Crippen MR) is 97.6 cm³/mol. The van der Waals surface area contributed by atoms with E-state index in [0.717, 1.165) is 5.57 Å². The lowest BCUT2D eigenvalue weighted by Gasteiger charge is -2.03. The lowest BCUT2D eigenvalue weighted by molar-refractivity contribution is -0.136. The highest BCUT2D eigenvalue weighted by molar-refractivity contribution is 5.90. The second kappa shape index (κ2) is 11.1. The van der Waals surface area contributed by atoms with E-state index < -0.39 is 11.9 Å². The number of carbonyl (C=O) groups excluding carboxylic acids is 1. The molecule has 0 aromatic heterocycles. The number of ether oxygens (including phenoxy) is 1. The molecule has 0 bridgehead atoms. The predicted octanol–water partition coefficient (Wildman–Crippen LogP) is 3.80. The summed E-state index contributed by atoms with van der Waals surface area (Å²) in [5.74, 6) is -2.34. The number of hydrogen-bond acceptors (Lipinski definition) is 4. The molecule has 142 valence electrons. The van der Waals surface area contributed by atoms with Gasteiger partial charge >= 0.3 is 17.9 Å². The second-order valence-electron chi connectivity index (χ2n) is 6.29. The number of carboxylic acids is 2. The Morgan fingerprint density at radius 3 is 2.00 bits per heavy atom. The smallest absolute Gasteiger partial charge is 0.334 e. The van der Waals surface area contributed by atoms with Crippen molar-refractivity contribution in [3.8, 4) is 0 Å². The number of esters is 1. The van der Waals surface area contributed by atoms with Crippen LogP contribution in [0.15, 0.2) is 46.6 Å². The third-order valence-corrected chi connectivity index (χ3v) is 3.93. The van der Waals surface area contributed by atoms with E-state index in [1.165, 1.54) is 0 Å². The van der Waals surface area contributed by atoms with Gasteiger partial charge in [-0.25, -0.2) is 14.4 Å². The molecule has 26 heavy (non-hydrogen) atoms. The Labute approximate surface area is 153 Å². The number of carbonyl (C=O) groups is 3. The van der Waals surface area contributed by atoms with E-state index in [0.29, 0.717) is 43.3 Å². The average molecular weight is 362 g/mol. The van der Waals surface area contributed by atoms with Gasteiger partial charge in [-0.2, -0.15) is 0 Å². The summed E-state index contributed by atoms with van der Waals surface area (Å²) in [5, 5.41) is 18.5. The number of carboxylic acid groups (broad SMARTS) is 2. The molecule has 6 heteroatoms. The van der Waals surface area contributed by atoms with E-state index in [4.69, 9.17) is 4.74 Å². The van der Waals surface area contributed by atoms with Gasteiger partial charge in [0.25, 0.3) is 0 Å². The zero-order chi connectivity index (χ0) is 19.5. The Balaban J connectivity index is 2.58. The van der Waals surface area contributed by atoms with E-state index in [1.807, 2.05) is 19.9 Å². The van der Waals surface area contributed by atoms with Crippen molar-refractivity contribution in [2.24, 2.45) is 0 Å². The van der Waals surface area contributed by atoms with Crippen LogP contribution in [0.4, 0.5) is 0 Å². The number of cyclic esters (lactones) is 1. The molecule has 0 aromatic rings. The lowest BCUT2D eigenvalue weighted by atomic mass is 10.0. The number of aliphatic carboxylic acids is 2. The van der Waals surface area contributed by atoms with E-state index in [-0.39, 0.29) is 24.6 Å². The zero-order valence-electron chi connectivity index (χ0n) is 15.3. The first-order valence-electron chi connectivity index (χ1n) is 8.65. The zero-order valence-corrected chi connectivity index (χ0v) is 15.3. The molecule has 0 atom stereocenters. The molecule has 1 rings (SSSR count). The van der Waals surface area contributed by atoms with Crippen LogP contribution in [0.3, 0.4) is 0 Å². The fourth-order valence-electron chi connectivity index (χ4n) is 2.51. The summed E-state index contributed by atoms with van der Waals surface area (Å²) in [4.78, 5) is 33.9. The Hall–Kier alpha value is -2.63. The van der Waals surface area contributed by atoms with Crippen molar-refractivity contribution >= 4 is 17.9 Å². The van der Waals surface area contributed by atoms with Gasteiger partial charge in [0.05, 0.1) is 0 Å². The Morgan fingerprint density at radius 1 is 1.00 bits per heavy atom. The van der Waals surface area contributed by atoms with Crippen molar-refractivity contribution in [2.45, 2.75) is 52.4 Å². The van der Waals surface area contributed by atoms with Gasteiger partial charge in [0.15, 0.2) is 0 Å². The van der Waals surface area contributed by atoms with Crippen LogP contribution in [0, 0.1) is 0 Å². The molecule has 0 amide bonds. The molecular formula is C20H26O6. The van der Waals surface area contributed by atoms with Crippen molar-refractivity contribution in [1.82, 2.24) is 0 Å². The molecule has 0 radical (unpaired) electrons. The topological polar surface area (TPSA) is 101 Å². The maximum atomic E-state index is 11.3. The number of hydrogen-bond donors (Lipinski definition) is 2. The fourth-order valence-corrected chi connectivity index (χ4v) is 2.51. The van der Waals surface area contributed by atoms with E-state index in [2.05, 4.69) is 0 Å². The molecule has 1 aliphatic heterocycles. The van der Waals surface area contributed by atoms with Crippen molar-refractivity contribution < 1.29 is 29.3 Å². The van der Waals surface area contributed by atoms with Gasteiger partial charge in [0.1, 0.15) is 6.61 Å². The van der Waals surface area contributed by atoms with E-state index in [1.54, 1.807) is 18.2 Å². The maximum absolute atomic E-state index is 11.3. The minimum Gasteiger partial charge on any atom is -0.478 e. The van der Waals surface area contributed by atoms with Gasteiger partial charge in [-0.15, -0.1) is 0 Å². The van der Waals surface area contributed by atoms with Crippen molar-refractivity contribution in [3.05, 3.63) is 46.6 Å². The van der Waals surface area contributed by atoms with Crippen LogP contribution in [0.5, 0.6) is 0 Å². The molecule has 0 fully saturated rings. The lowest BCUT2D eigenvalue weighted by Crippen LogP contribution is -2.03. The molecular weight excluding hydrogens is 336 g/mol. The molecule has 6 nitrogen and oxygen atoms in total. The Kier molecular flexibility index (Phi) is 9.12. The standard InChI is InChI=1S/C20H26O6/c1-14(2)6-3-7-15(18(21)22)8-4-9-16(19(23)24)10-5-11-17-12-13-26-20(17)25/h6,8,10,12H,3-5,7,9,11,13H2,1-2H3,(H,21,22)(H,23,24). The molecule has 0 spiro atoms. The highest BCUT2D eigenvalue weighted by Crippen LogP contribution is 2.17. The first-order valence-corrected chi connectivity index (χ1v) is 8.65. The van der Waals surface area contributed by atoms with Crippen LogP contribution in [-0.4, -0.2) is 34.7 Å². The molecule has 0 unspecified atom stereocenters. The molecule has 0 saturated heterocycles. The third kappa shape index (κ3) is 7.96. The van der Waals surface area contributed by atoms with Crippen molar-refractivity contribution in [1.29, 1.82) is 0 Å². The van der Waals surface area contributed by atoms with Gasteiger partial charge in [-0.05, 0) is 58.4 Å². The van der Waals surface area contributed by atoms with Crippen LogP contribution in [0.25, 0.3) is 0 Å². The molecule has 1 heterocycles. The van der Waals surface area contributed by atoms with Crippen LogP contribution >= 0.6 is 0 Å². The summed E-state index contributed by atoms with van der Waals surface area (Å²) in [7, 11) is 0. The van der Waals surface area contributed by atoms with Crippen molar-refractivity contribution in [2.75, 3.05) is 6.61 Å². The number of rotatable bonds is 11. The largest absolute Gasteiger partial charge is 0.478 e. The Morgan fingerprint density at radius 2 is 1.54 bits per heavy atom. The van der Waals surface area contributed by atoms with Gasteiger partial charge in [-0.3, -0.25) is 0 Å². The molecule has 0 saturated carbocycles. The normalized spacial score (nSPS) is 14.7.